The lowest BCUT2D eigenvalue weighted by molar-refractivity contribution is 0.0846. The van der Waals surface area contributed by atoms with Crippen LogP contribution < -0.4 is 10.9 Å². The SMILES string of the molecule is Cc1cc(C(=O)NNC(=O)c2ccc(Br)s2)nn1-c1ccccc1. The van der Waals surface area contributed by atoms with E-state index in [1.54, 1.807) is 22.9 Å². The second-order valence-electron chi connectivity index (χ2n) is 4.93. The van der Waals surface area contributed by atoms with Gasteiger partial charge < -0.3 is 0 Å². The molecule has 0 fully saturated rings. The van der Waals surface area contributed by atoms with Gasteiger partial charge in [-0.15, -0.1) is 11.3 Å². The van der Waals surface area contributed by atoms with Gasteiger partial charge in [0, 0.05) is 5.69 Å². The van der Waals surface area contributed by atoms with Crippen LogP contribution in [0.25, 0.3) is 5.69 Å². The molecule has 0 aliphatic rings. The zero-order valence-electron chi connectivity index (χ0n) is 12.6. The van der Waals surface area contributed by atoms with Crippen LogP contribution in [0, 0.1) is 6.92 Å². The molecule has 0 unspecified atom stereocenters. The van der Waals surface area contributed by atoms with Crippen molar-refractivity contribution in [1.82, 2.24) is 20.6 Å². The lowest BCUT2D eigenvalue weighted by Gasteiger charge is -2.04. The smallest absolute Gasteiger partial charge is 0.266 e. The number of rotatable bonds is 3. The Bertz CT molecular complexity index is 889. The van der Waals surface area contributed by atoms with Crippen LogP contribution in [0.3, 0.4) is 0 Å². The van der Waals surface area contributed by atoms with Crippen molar-refractivity contribution in [3.05, 3.63) is 68.6 Å². The highest BCUT2D eigenvalue weighted by Crippen LogP contribution is 2.21. The topological polar surface area (TPSA) is 76.0 Å². The number of para-hydroxylation sites is 1. The Labute approximate surface area is 150 Å². The van der Waals surface area contributed by atoms with Crippen molar-refractivity contribution in [3.8, 4) is 5.69 Å². The Balaban J connectivity index is 1.69. The van der Waals surface area contributed by atoms with E-state index in [9.17, 15) is 9.59 Å². The molecule has 0 aliphatic heterocycles. The molecule has 3 aromatic rings. The molecule has 2 aromatic heterocycles. The van der Waals surface area contributed by atoms with Crippen molar-refractivity contribution < 1.29 is 9.59 Å². The fraction of sp³-hybridized carbons (Fsp3) is 0.0625. The van der Waals surface area contributed by atoms with E-state index in [1.807, 2.05) is 37.3 Å². The van der Waals surface area contributed by atoms with Crippen molar-refractivity contribution in [2.45, 2.75) is 6.92 Å². The summed E-state index contributed by atoms with van der Waals surface area (Å²) in [5, 5.41) is 4.28. The predicted molar refractivity (Wildman–Crippen MR) is 95.3 cm³/mol. The van der Waals surface area contributed by atoms with Crippen LogP contribution in [-0.4, -0.2) is 21.6 Å². The van der Waals surface area contributed by atoms with E-state index in [0.29, 0.717) is 4.88 Å². The molecular formula is C16H13BrN4O2S. The minimum absolute atomic E-state index is 0.226. The summed E-state index contributed by atoms with van der Waals surface area (Å²) in [4.78, 5) is 24.6. The molecule has 1 aromatic carbocycles. The van der Waals surface area contributed by atoms with E-state index in [0.717, 1.165) is 15.2 Å². The largest absolute Gasteiger partial charge is 0.290 e. The highest BCUT2D eigenvalue weighted by atomic mass is 79.9. The molecule has 3 rings (SSSR count). The minimum Gasteiger partial charge on any atom is -0.266 e. The number of hydrogen-bond acceptors (Lipinski definition) is 4. The first kappa shape index (κ1) is 16.4. The number of nitrogens with zero attached hydrogens (tertiary/aromatic N) is 2. The van der Waals surface area contributed by atoms with Gasteiger partial charge in [0.25, 0.3) is 11.8 Å². The van der Waals surface area contributed by atoms with Gasteiger partial charge in [0.05, 0.1) is 14.4 Å². The van der Waals surface area contributed by atoms with E-state index in [-0.39, 0.29) is 11.6 Å². The summed E-state index contributed by atoms with van der Waals surface area (Å²) in [6, 6.07) is 14.6. The molecule has 0 bridgehead atoms. The summed E-state index contributed by atoms with van der Waals surface area (Å²) in [6.07, 6.45) is 0. The lowest BCUT2D eigenvalue weighted by atomic mass is 10.3. The molecule has 24 heavy (non-hydrogen) atoms. The van der Waals surface area contributed by atoms with Gasteiger partial charge in [-0.1, -0.05) is 18.2 Å². The zero-order valence-corrected chi connectivity index (χ0v) is 15.0. The fourth-order valence-corrected chi connectivity index (χ4v) is 3.37. The monoisotopic (exact) mass is 404 g/mol. The Morgan fingerprint density at radius 3 is 2.46 bits per heavy atom. The summed E-state index contributed by atoms with van der Waals surface area (Å²) in [5.41, 5.74) is 6.66. The summed E-state index contributed by atoms with van der Waals surface area (Å²) < 4.78 is 2.52. The number of carbonyl (C=O) groups is 2. The molecule has 122 valence electrons. The molecule has 6 nitrogen and oxygen atoms in total. The van der Waals surface area contributed by atoms with Crippen molar-refractivity contribution in [2.75, 3.05) is 0 Å². The van der Waals surface area contributed by atoms with Crippen LogP contribution in [0.1, 0.15) is 25.9 Å². The van der Waals surface area contributed by atoms with Gasteiger partial charge in [-0.05, 0) is 53.2 Å². The van der Waals surface area contributed by atoms with Gasteiger partial charge in [0.2, 0.25) is 0 Å². The van der Waals surface area contributed by atoms with Crippen LogP contribution in [0.4, 0.5) is 0 Å². The lowest BCUT2D eigenvalue weighted by Crippen LogP contribution is -2.41. The number of aryl methyl sites for hydroxylation is 1. The van der Waals surface area contributed by atoms with Crippen molar-refractivity contribution in [1.29, 1.82) is 0 Å². The second-order valence-corrected chi connectivity index (χ2v) is 7.39. The molecule has 8 heteroatoms. The molecule has 0 atom stereocenters. The highest BCUT2D eigenvalue weighted by Gasteiger charge is 2.15. The molecule has 0 radical (unpaired) electrons. The third-order valence-corrected chi connectivity index (χ3v) is 4.83. The molecule has 2 amide bonds. The number of aromatic nitrogens is 2. The van der Waals surface area contributed by atoms with Crippen LogP contribution in [0.15, 0.2) is 52.3 Å². The van der Waals surface area contributed by atoms with Crippen molar-refractivity contribution >= 4 is 39.1 Å². The number of halogens is 1. The predicted octanol–water partition coefficient (Wildman–Crippen LogP) is 3.08. The Morgan fingerprint density at radius 1 is 1.08 bits per heavy atom. The third-order valence-electron chi connectivity index (χ3n) is 3.21. The van der Waals surface area contributed by atoms with E-state index in [4.69, 9.17) is 0 Å². The number of carbonyl (C=O) groups excluding carboxylic acids is 2. The van der Waals surface area contributed by atoms with Gasteiger partial charge in [-0.3, -0.25) is 20.4 Å². The van der Waals surface area contributed by atoms with Crippen LogP contribution in [0.2, 0.25) is 0 Å². The Kier molecular flexibility index (Phi) is 4.77. The van der Waals surface area contributed by atoms with Gasteiger partial charge >= 0.3 is 0 Å². The van der Waals surface area contributed by atoms with Crippen LogP contribution in [-0.2, 0) is 0 Å². The second kappa shape index (κ2) is 6.98. The van der Waals surface area contributed by atoms with Crippen molar-refractivity contribution in [2.24, 2.45) is 0 Å². The van der Waals surface area contributed by atoms with E-state index < -0.39 is 5.91 Å². The minimum atomic E-state index is -0.475. The Hall–Kier alpha value is -2.45. The summed E-state index contributed by atoms with van der Waals surface area (Å²) in [6.45, 7) is 1.86. The van der Waals surface area contributed by atoms with E-state index in [2.05, 4.69) is 31.9 Å². The number of hydrogen-bond donors (Lipinski definition) is 2. The molecule has 0 saturated carbocycles. The van der Waals surface area contributed by atoms with Gasteiger partial charge in [0.15, 0.2) is 5.69 Å². The fourth-order valence-electron chi connectivity index (χ4n) is 2.09. The quantitative estimate of drug-likeness (QED) is 0.658. The van der Waals surface area contributed by atoms with Gasteiger partial charge in [0.1, 0.15) is 0 Å². The van der Waals surface area contributed by atoms with Crippen LogP contribution in [0.5, 0.6) is 0 Å². The Morgan fingerprint density at radius 2 is 1.79 bits per heavy atom. The number of thiophene rings is 1. The molecule has 0 spiro atoms. The average Bonchev–Trinajstić information content (AvgIpc) is 3.19. The number of amides is 2. The van der Waals surface area contributed by atoms with E-state index in [1.165, 1.54) is 11.3 Å². The number of hydrazine groups is 1. The first-order chi connectivity index (χ1) is 11.5. The molecule has 0 aliphatic carbocycles. The average molecular weight is 405 g/mol. The molecule has 2 N–H and O–H groups in total. The van der Waals surface area contributed by atoms with Gasteiger partial charge in [-0.2, -0.15) is 5.10 Å². The standard InChI is InChI=1S/C16H13BrN4O2S/c1-10-9-12(20-21(10)11-5-3-2-4-6-11)15(22)18-19-16(23)13-7-8-14(17)24-13/h2-9H,1H3,(H,18,22)(H,19,23). The third kappa shape index (κ3) is 3.55. The summed E-state index contributed by atoms with van der Waals surface area (Å²) in [5.74, 6) is -0.852. The normalized spacial score (nSPS) is 10.4. The van der Waals surface area contributed by atoms with Gasteiger partial charge in [-0.25, -0.2) is 4.68 Å². The van der Waals surface area contributed by atoms with E-state index >= 15 is 0 Å². The summed E-state index contributed by atoms with van der Waals surface area (Å²) in [7, 11) is 0. The first-order valence-corrected chi connectivity index (χ1v) is 8.63. The first-order valence-electron chi connectivity index (χ1n) is 7.03. The zero-order chi connectivity index (χ0) is 17.1. The number of nitrogens with one attached hydrogen (secondary N) is 2. The maximum Gasteiger partial charge on any atom is 0.290 e. The van der Waals surface area contributed by atoms with Crippen LogP contribution >= 0.6 is 27.3 Å². The molecular weight excluding hydrogens is 392 g/mol. The summed E-state index contributed by atoms with van der Waals surface area (Å²) >= 11 is 4.57. The van der Waals surface area contributed by atoms with Crippen molar-refractivity contribution in [3.63, 3.8) is 0 Å². The molecule has 2 heterocycles. The maximum atomic E-state index is 12.2. The maximum absolute atomic E-state index is 12.2. The molecule has 0 saturated heterocycles. The number of benzene rings is 1. The highest BCUT2D eigenvalue weighted by molar-refractivity contribution is 9.11.